The maximum Gasteiger partial charge on any atom is 0.123 e. The van der Waals surface area contributed by atoms with E-state index in [0.29, 0.717) is 5.92 Å². The van der Waals surface area contributed by atoms with Crippen molar-refractivity contribution in [2.24, 2.45) is 5.92 Å². The van der Waals surface area contributed by atoms with E-state index in [2.05, 4.69) is 17.5 Å². The van der Waals surface area contributed by atoms with Crippen LogP contribution in [0.5, 0.6) is 0 Å². The third-order valence-electron chi connectivity index (χ3n) is 3.79. The monoisotopic (exact) mass is 263 g/mol. The lowest BCUT2D eigenvalue weighted by atomic mass is 9.94. The first-order chi connectivity index (χ1) is 9.16. The summed E-state index contributed by atoms with van der Waals surface area (Å²) < 4.78 is 12.8. The zero-order valence-electron chi connectivity index (χ0n) is 11.3. The summed E-state index contributed by atoms with van der Waals surface area (Å²) in [5, 5.41) is 13.6. The number of halogens is 1. The van der Waals surface area contributed by atoms with Crippen molar-refractivity contribution in [2.75, 3.05) is 6.54 Å². The van der Waals surface area contributed by atoms with Crippen LogP contribution >= 0.6 is 0 Å². The minimum Gasteiger partial charge on any atom is -0.387 e. The Morgan fingerprint density at radius 1 is 1.32 bits per heavy atom. The Morgan fingerprint density at radius 3 is 2.68 bits per heavy atom. The topological polar surface area (TPSA) is 32.3 Å². The predicted molar refractivity (Wildman–Crippen MR) is 75.3 cm³/mol. The van der Waals surface area contributed by atoms with Gasteiger partial charge < -0.3 is 10.4 Å². The molecule has 104 valence electrons. The third kappa shape index (κ3) is 4.15. The van der Waals surface area contributed by atoms with Gasteiger partial charge in [0.25, 0.3) is 0 Å². The Kier molecular flexibility index (Phi) is 5.11. The Bertz CT molecular complexity index is 415. The summed E-state index contributed by atoms with van der Waals surface area (Å²) in [6, 6.07) is 6.02. The fourth-order valence-electron chi connectivity index (χ4n) is 2.45. The quantitative estimate of drug-likeness (QED) is 0.800. The maximum absolute atomic E-state index is 12.8. The summed E-state index contributed by atoms with van der Waals surface area (Å²) in [5.74, 6) is 0.387. The smallest absolute Gasteiger partial charge is 0.123 e. The molecule has 0 spiro atoms. The van der Waals surface area contributed by atoms with Crippen LogP contribution in [0.2, 0.25) is 0 Å². The highest BCUT2D eigenvalue weighted by Crippen LogP contribution is 2.20. The lowest BCUT2D eigenvalue weighted by molar-refractivity contribution is 0.133. The van der Waals surface area contributed by atoms with Gasteiger partial charge in [0.1, 0.15) is 5.82 Å². The second-order valence-electron chi connectivity index (χ2n) is 5.34. The molecule has 0 amide bonds. The number of allylic oxidation sites excluding steroid dienone is 2. The van der Waals surface area contributed by atoms with Crippen molar-refractivity contribution in [3.63, 3.8) is 0 Å². The molecule has 2 rings (SSSR count). The van der Waals surface area contributed by atoms with E-state index in [1.54, 1.807) is 12.1 Å². The van der Waals surface area contributed by atoms with Crippen LogP contribution in [0, 0.1) is 11.7 Å². The molecular formula is C16H22FNO. The van der Waals surface area contributed by atoms with Crippen molar-refractivity contribution in [2.45, 2.75) is 38.3 Å². The zero-order chi connectivity index (χ0) is 13.7. The molecule has 0 saturated carbocycles. The van der Waals surface area contributed by atoms with Crippen molar-refractivity contribution in [3.8, 4) is 0 Å². The Morgan fingerprint density at radius 2 is 2.05 bits per heavy atom. The van der Waals surface area contributed by atoms with Crippen LogP contribution in [-0.4, -0.2) is 17.7 Å². The summed E-state index contributed by atoms with van der Waals surface area (Å²) in [7, 11) is 0. The van der Waals surface area contributed by atoms with Crippen LogP contribution in [-0.2, 0) is 0 Å². The van der Waals surface area contributed by atoms with E-state index >= 15 is 0 Å². The van der Waals surface area contributed by atoms with Crippen LogP contribution in [0.15, 0.2) is 36.4 Å². The SMILES string of the molecule is CC(NCC1CC=CCC1)C(O)c1ccc(F)cc1. The van der Waals surface area contributed by atoms with Gasteiger partial charge >= 0.3 is 0 Å². The molecule has 0 bridgehead atoms. The Labute approximate surface area is 114 Å². The first-order valence-corrected chi connectivity index (χ1v) is 6.98. The molecule has 1 aromatic carbocycles. The summed E-state index contributed by atoms with van der Waals surface area (Å²) in [6.45, 7) is 2.89. The van der Waals surface area contributed by atoms with E-state index in [-0.39, 0.29) is 11.9 Å². The molecule has 3 heteroatoms. The molecule has 0 aromatic heterocycles. The number of aliphatic hydroxyl groups is 1. The molecule has 0 aliphatic heterocycles. The zero-order valence-corrected chi connectivity index (χ0v) is 11.3. The molecule has 0 fully saturated rings. The average Bonchev–Trinajstić information content (AvgIpc) is 2.46. The highest BCUT2D eigenvalue weighted by Gasteiger charge is 2.18. The van der Waals surface area contributed by atoms with Gasteiger partial charge in [0, 0.05) is 6.04 Å². The molecule has 0 heterocycles. The number of hydrogen-bond donors (Lipinski definition) is 2. The molecular weight excluding hydrogens is 241 g/mol. The Balaban J connectivity index is 1.83. The van der Waals surface area contributed by atoms with Crippen molar-refractivity contribution >= 4 is 0 Å². The van der Waals surface area contributed by atoms with E-state index < -0.39 is 6.10 Å². The first-order valence-electron chi connectivity index (χ1n) is 6.98. The van der Waals surface area contributed by atoms with Gasteiger partial charge in [0.05, 0.1) is 6.10 Å². The second-order valence-corrected chi connectivity index (χ2v) is 5.34. The molecule has 0 saturated heterocycles. The van der Waals surface area contributed by atoms with E-state index in [1.165, 1.54) is 18.6 Å². The maximum atomic E-state index is 12.8. The van der Waals surface area contributed by atoms with E-state index in [4.69, 9.17) is 0 Å². The molecule has 19 heavy (non-hydrogen) atoms. The van der Waals surface area contributed by atoms with Crippen molar-refractivity contribution in [3.05, 3.63) is 47.8 Å². The lowest BCUT2D eigenvalue weighted by Crippen LogP contribution is -2.36. The van der Waals surface area contributed by atoms with E-state index in [1.807, 2.05) is 6.92 Å². The van der Waals surface area contributed by atoms with Crippen molar-refractivity contribution < 1.29 is 9.50 Å². The second kappa shape index (κ2) is 6.83. The highest BCUT2D eigenvalue weighted by molar-refractivity contribution is 5.19. The van der Waals surface area contributed by atoms with Gasteiger partial charge in [0.2, 0.25) is 0 Å². The molecule has 3 atom stereocenters. The number of benzene rings is 1. The number of nitrogens with one attached hydrogen (secondary N) is 1. The third-order valence-corrected chi connectivity index (χ3v) is 3.79. The minimum atomic E-state index is -0.597. The lowest BCUT2D eigenvalue weighted by Gasteiger charge is -2.24. The van der Waals surface area contributed by atoms with Crippen LogP contribution in [0.25, 0.3) is 0 Å². The normalized spacial score (nSPS) is 22.2. The summed E-state index contributed by atoms with van der Waals surface area (Å²) in [5.41, 5.74) is 0.755. The summed E-state index contributed by atoms with van der Waals surface area (Å²) in [6.07, 6.45) is 7.35. The fraction of sp³-hybridized carbons (Fsp3) is 0.500. The van der Waals surface area contributed by atoms with Crippen LogP contribution in [0.1, 0.15) is 37.9 Å². The van der Waals surface area contributed by atoms with Gasteiger partial charge in [-0.25, -0.2) is 4.39 Å². The van der Waals surface area contributed by atoms with Gasteiger partial charge in [-0.1, -0.05) is 24.3 Å². The van der Waals surface area contributed by atoms with Crippen molar-refractivity contribution in [1.29, 1.82) is 0 Å². The molecule has 1 aromatic rings. The fourth-order valence-corrected chi connectivity index (χ4v) is 2.45. The number of hydrogen-bond acceptors (Lipinski definition) is 2. The molecule has 0 radical (unpaired) electrons. The van der Waals surface area contributed by atoms with Crippen LogP contribution in [0.3, 0.4) is 0 Å². The van der Waals surface area contributed by atoms with Gasteiger partial charge in [-0.2, -0.15) is 0 Å². The molecule has 2 nitrogen and oxygen atoms in total. The van der Waals surface area contributed by atoms with Gasteiger partial charge in [-0.15, -0.1) is 0 Å². The minimum absolute atomic E-state index is 0.0311. The molecule has 1 aliphatic carbocycles. The van der Waals surface area contributed by atoms with Gasteiger partial charge in [-0.05, 0) is 56.3 Å². The van der Waals surface area contributed by atoms with Crippen LogP contribution in [0.4, 0.5) is 4.39 Å². The predicted octanol–water partition coefficient (Wildman–Crippen LogP) is 3.19. The van der Waals surface area contributed by atoms with Gasteiger partial charge in [-0.3, -0.25) is 0 Å². The molecule has 3 unspecified atom stereocenters. The van der Waals surface area contributed by atoms with Crippen molar-refractivity contribution in [1.82, 2.24) is 5.32 Å². The average molecular weight is 263 g/mol. The largest absolute Gasteiger partial charge is 0.387 e. The van der Waals surface area contributed by atoms with E-state index in [9.17, 15) is 9.50 Å². The number of rotatable bonds is 5. The highest BCUT2D eigenvalue weighted by atomic mass is 19.1. The van der Waals surface area contributed by atoms with Gasteiger partial charge in [0.15, 0.2) is 0 Å². The summed E-state index contributed by atoms with van der Waals surface area (Å²) in [4.78, 5) is 0. The first kappa shape index (κ1) is 14.2. The van der Waals surface area contributed by atoms with Crippen LogP contribution < -0.4 is 5.32 Å². The van der Waals surface area contributed by atoms with E-state index in [0.717, 1.165) is 24.9 Å². The standard InChI is InChI=1S/C16H22FNO/c1-12(18-11-13-5-3-2-4-6-13)16(19)14-7-9-15(17)10-8-14/h2-3,7-10,12-13,16,18-19H,4-6,11H2,1H3. The molecule has 1 aliphatic rings. The number of aliphatic hydroxyl groups excluding tert-OH is 1. The molecule has 2 N–H and O–H groups in total. The Hall–Kier alpha value is -1.19. The summed E-state index contributed by atoms with van der Waals surface area (Å²) >= 11 is 0.